The second-order valence-corrected chi connectivity index (χ2v) is 6.08. The van der Waals surface area contributed by atoms with E-state index >= 15 is 0 Å². The molecule has 0 unspecified atom stereocenters. The van der Waals surface area contributed by atoms with E-state index in [1.165, 1.54) is 25.7 Å². The molecule has 0 spiro atoms. The van der Waals surface area contributed by atoms with Gasteiger partial charge in [-0.3, -0.25) is 0 Å². The lowest BCUT2D eigenvalue weighted by molar-refractivity contribution is 0.354. The number of nitrogens with zero attached hydrogens (tertiary/aromatic N) is 4. The fourth-order valence-corrected chi connectivity index (χ4v) is 2.99. The van der Waals surface area contributed by atoms with Crippen LogP contribution in [-0.2, 0) is 6.54 Å². The molecule has 1 fully saturated rings. The minimum Gasteiger partial charge on any atom is -0.493 e. The highest BCUT2D eigenvalue weighted by molar-refractivity contribution is 5.44. The Morgan fingerprint density at radius 2 is 1.80 bits per heavy atom. The third-order valence-corrected chi connectivity index (χ3v) is 4.37. The summed E-state index contributed by atoms with van der Waals surface area (Å²) < 4.78 is 10.6. The maximum atomic E-state index is 5.34. The molecule has 1 aromatic heterocycles. The van der Waals surface area contributed by atoms with E-state index in [1.807, 2.05) is 18.2 Å². The number of ether oxygens (including phenoxy) is 2. The molecule has 7 heteroatoms. The van der Waals surface area contributed by atoms with Crippen LogP contribution in [0.4, 0.5) is 11.8 Å². The van der Waals surface area contributed by atoms with Gasteiger partial charge in [0.2, 0.25) is 5.95 Å². The van der Waals surface area contributed by atoms with Gasteiger partial charge in [-0.2, -0.15) is 10.1 Å². The molecule has 3 rings (SSSR count). The molecule has 134 valence electrons. The Morgan fingerprint density at radius 3 is 2.52 bits per heavy atom. The van der Waals surface area contributed by atoms with Gasteiger partial charge in [0.15, 0.2) is 17.3 Å². The van der Waals surface area contributed by atoms with Crippen molar-refractivity contribution in [3.63, 3.8) is 0 Å². The Labute approximate surface area is 148 Å². The molecule has 2 heterocycles. The van der Waals surface area contributed by atoms with Gasteiger partial charge in [0.25, 0.3) is 0 Å². The Kier molecular flexibility index (Phi) is 5.87. The molecule has 7 nitrogen and oxygen atoms in total. The van der Waals surface area contributed by atoms with Gasteiger partial charge in [0.05, 0.1) is 20.4 Å². The Balaban J connectivity index is 1.66. The van der Waals surface area contributed by atoms with Crippen molar-refractivity contribution in [1.29, 1.82) is 0 Å². The molecule has 0 atom stereocenters. The number of hydrogen-bond donors (Lipinski definition) is 1. The van der Waals surface area contributed by atoms with Crippen LogP contribution in [0.2, 0.25) is 0 Å². The molecule has 1 aliphatic rings. The summed E-state index contributed by atoms with van der Waals surface area (Å²) in [6, 6.07) is 5.82. The average Bonchev–Trinajstić information content (AvgIpc) is 2.96. The highest BCUT2D eigenvalue weighted by atomic mass is 16.5. The second-order valence-electron chi connectivity index (χ2n) is 6.08. The van der Waals surface area contributed by atoms with E-state index in [4.69, 9.17) is 9.47 Å². The van der Waals surface area contributed by atoms with Gasteiger partial charge in [0.1, 0.15) is 0 Å². The first-order chi connectivity index (χ1) is 12.3. The monoisotopic (exact) mass is 343 g/mol. The lowest BCUT2D eigenvalue weighted by atomic mass is 10.2. The SMILES string of the molecule is COc1ccc(CNc2nncc(N3CCCCCC3)n2)cc1OC. The van der Waals surface area contributed by atoms with Gasteiger partial charge in [-0.1, -0.05) is 18.9 Å². The molecule has 1 aromatic carbocycles. The first kappa shape index (κ1) is 17.3. The van der Waals surface area contributed by atoms with E-state index in [-0.39, 0.29) is 0 Å². The summed E-state index contributed by atoms with van der Waals surface area (Å²) in [7, 11) is 3.26. The number of nitrogens with one attached hydrogen (secondary N) is 1. The number of methoxy groups -OCH3 is 2. The molecule has 25 heavy (non-hydrogen) atoms. The van der Waals surface area contributed by atoms with Crippen molar-refractivity contribution in [1.82, 2.24) is 15.2 Å². The summed E-state index contributed by atoms with van der Waals surface area (Å²) >= 11 is 0. The van der Waals surface area contributed by atoms with Gasteiger partial charge in [-0.25, -0.2) is 0 Å². The summed E-state index contributed by atoms with van der Waals surface area (Å²) in [6.07, 6.45) is 6.74. The zero-order chi connectivity index (χ0) is 17.5. The van der Waals surface area contributed by atoms with Gasteiger partial charge >= 0.3 is 0 Å². The van der Waals surface area contributed by atoms with Crippen molar-refractivity contribution in [2.75, 3.05) is 37.5 Å². The molecule has 0 bridgehead atoms. The lowest BCUT2D eigenvalue weighted by Gasteiger charge is -2.21. The summed E-state index contributed by atoms with van der Waals surface area (Å²) in [4.78, 5) is 6.91. The summed E-state index contributed by atoms with van der Waals surface area (Å²) in [5.74, 6) is 2.86. The summed E-state index contributed by atoms with van der Waals surface area (Å²) in [5, 5.41) is 11.4. The molecule has 0 aliphatic carbocycles. The van der Waals surface area contributed by atoms with Crippen molar-refractivity contribution >= 4 is 11.8 Å². The fraction of sp³-hybridized carbons (Fsp3) is 0.500. The number of anilines is 2. The summed E-state index contributed by atoms with van der Waals surface area (Å²) in [6.45, 7) is 2.66. The third kappa shape index (κ3) is 4.49. The van der Waals surface area contributed by atoms with Crippen LogP contribution in [0.25, 0.3) is 0 Å². The van der Waals surface area contributed by atoms with Crippen LogP contribution in [0.15, 0.2) is 24.4 Å². The van der Waals surface area contributed by atoms with Crippen LogP contribution < -0.4 is 19.7 Å². The van der Waals surface area contributed by atoms with Crippen LogP contribution in [0.5, 0.6) is 11.5 Å². The maximum absolute atomic E-state index is 5.34. The normalized spacial score (nSPS) is 14.7. The fourth-order valence-electron chi connectivity index (χ4n) is 2.99. The third-order valence-electron chi connectivity index (χ3n) is 4.37. The first-order valence-corrected chi connectivity index (χ1v) is 8.69. The standard InChI is InChI=1S/C18H25N5O2/c1-24-15-8-7-14(11-16(15)25-2)12-19-18-21-17(13-20-22-18)23-9-5-3-4-6-10-23/h7-8,11,13H,3-6,9-10,12H2,1-2H3,(H,19,21,22). The zero-order valence-corrected chi connectivity index (χ0v) is 14.9. The van der Waals surface area contributed by atoms with E-state index in [0.29, 0.717) is 24.0 Å². The van der Waals surface area contributed by atoms with Crippen LogP contribution in [0.1, 0.15) is 31.2 Å². The molecule has 1 saturated heterocycles. The highest BCUT2D eigenvalue weighted by Crippen LogP contribution is 2.27. The van der Waals surface area contributed by atoms with E-state index in [2.05, 4.69) is 25.4 Å². The molecule has 1 aliphatic heterocycles. The van der Waals surface area contributed by atoms with Crippen molar-refractivity contribution in [3.05, 3.63) is 30.0 Å². The first-order valence-electron chi connectivity index (χ1n) is 8.69. The molecule has 0 amide bonds. The predicted molar refractivity (Wildman–Crippen MR) is 97.4 cm³/mol. The van der Waals surface area contributed by atoms with Crippen molar-refractivity contribution in [2.45, 2.75) is 32.2 Å². The Bertz CT molecular complexity index is 687. The second kappa shape index (κ2) is 8.50. The number of hydrogen-bond acceptors (Lipinski definition) is 7. The Hall–Kier alpha value is -2.57. The van der Waals surface area contributed by atoms with Crippen LogP contribution >= 0.6 is 0 Å². The van der Waals surface area contributed by atoms with Gasteiger partial charge in [0, 0.05) is 19.6 Å². The average molecular weight is 343 g/mol. The number of aromatic nitrogens is 3. The van der Waals surface area contributed by atoms with Crippen molar-refractivity contribution in [2.24, 2.45) is 0 Å². The van der Waals surface area contributed by atoms with Gasteiger partial charge in [-0.05, 0) is 30.5 Å². The van der Waals surface area contributed by atoms with E-state index in [9.17, 15) is 0 Å². The van der Waals surface area contributed by atoms with Crippen molar-refractivity contribution < 1.29 is 9.47 Å². The highest BCUT2D eigenvalue weighted by Gasteiger charge is 2.12. The van der Waals surface area contributed by atoms with E-state index in [0.717, 1.165) is 24.5 Å². The van der Waals surface area contributed by atoms with Crippen LogP contribution in [-0.4, -0.2) is 42.5 Å². The quantitative estimate of drug-likeness (QED) is 0.864. The zero-order valence-electron chi connectivity index (χ0n) is 14.9. The molecule has 1 N–H and O–H groups in total. The molecule has 2 aromatic rings. The smallest absolute Gasteiger partial charge is 0.244 e. The predicted octanol–water partition coefficient (Wildman–Crippen LogP) is 2.88. The Morgan fingerprint density at radius 1 is 1.04 bits per heavy atom. The van der Waals surface area contributed by atoms with Gasteiger partial charge in [-0.15, -0.1) is 5.10 Å². The lowest BCUT2D eigenvalue weighted by Crippen LogP contribution is -2.25. The minimum absolute atomic E-state index is 0.538. The summed E-state index contributed by atoms with van der Waals surface area (Å²) in [5.41, 5.74) is 1.06. The number of rotatable bonds is 6. The largest absolute Gasteiger partial charge is 0.493 e. The molecule has 0 saturated carbocycles. The molecular weight excluding hydrogens is 318 g/mol. The van der Waals surface area contributed by atoms with Gasteiger partial charge < -0.3 is 19.7 Å². The molecular formula is C18H25N5O2. The minimum atomic E-state index is 0.538. The van der Waals surface area contributed by atoms with Crippen LogP contribution in [0, 0.1) is 0 Å². The number of benzene rings is 1. The van der Waals surface area contributed by atoms with Crippen molar-refractivity contribution in [3.8, 4) is 11.5 Å². The van der Waals surface area contributed by atoms with E-state index in [1.54, 1.807) is 20.4 Å². The topological polar surface area (TPSA) is 72.4 Å². The molecule has 0 radical (unpaired) electrons. The van der Waals surface area contributed by atoms with Crippen LogP contribution in [0.3, 0.4) is 0 Å². The van der Waals surface area contributed by atoms with E-state index < -0.39 is 0 Å². The maximum Gasteiger partial charge on any atom is 0.244 e.